The Morgan fingerprint density at radius 2 is 1.92 bits per heavy atom. The van der Waals surface area contributed by atoms with Crippen LogP contribution in [0.15, 0.2) is 0 Å². The summed E-state index contributed by atoms with van der Waals surface area (Å²) in [5, 5.41) is 16.9. The number of aliphatic hydroxyl groups excluding tert-OH is 1. The van der Waals surface area contributed by atoms with Crippen molar-refractivity contribution in [2.24, 2.45) is 0 Å². The highest BCUT2D eigenvalue weighted by Crippen LogP contribution is 2.17. The van der Waals surface area contributed by atoms with Crippen molar-refractivity contribution in [3.8, 4) is 0 Å². The Morgan fingerprint density at radius 1 is 1.21 bits per heavy atom. The van der Waals surface area contributed by atoms with Crippen LogP contribution in [0.3, 0.4) is 0 Å². The molecule has 0 bridgehead atoms. The molecule has 0 radical (unpaired) electrons. The number of rotatable bonds is 4. The minimum Gasteiger partial charge on any atom is -0.389 e. The Balaban J connectivity index is 1.39. The molecule has 8 nitrogen and oxygen atoms in total. The zero-order valence-corrected chi connectivity index (χ0v) is 14.4. The van der Waals surface area contributed by atoms with Crippen molar-refractivity contribution >= 4 is 6.03 Å². The number of urea groups is 1. The Morgan fingerprint density at radius 3 is 2.62 bits per heavy atom. The molecular weight excluding hydrogens is 312 g/mol. The van der Waals surface area contributed by atoms with Gasteiger partial charge >= 0.3 is 6.03 Å². The van der Waals surface area contributed by atoms with Gasteiger partial charge in [0.2, 0.25) is 0 Å². The van der Waals surface area contributed by atoms with Crippen molar-refractivity contribution < 1.29 is 19.4 Å². The average Bonchev–Trinajstić information content (AvgIpc) is 2.95. The smallest absolute Gasteiger partial charge is 0.317 e. The van der Waals surface area contributed by atoms with Gasteiger partial charge in [-0.15, -0.1) is 0 Å². The molecule has 0 aromatic carbocycles. The van der Waals surface area contributed by atoms with Gasteiger partial charge in [0.05, 0.1) is 32.0 Å². The van der Waals surface area contributed by atoms with Crippen LogP contribution >= 0.6 is 0 Å². The number of nitrogens with one attached hydrogen (secondary N) is 2. The van der Waals surface area contributed by atoms with E-state index in [1.165, 1.54) is 0 Å². The zero-order chi connectivity index (χ0) is 16.9. The maximum Gasteiger partial charge on any atom is 0.317 e. The highest BCUT2D eigenvalue weighted by Gasteiger charge is 2.37. The predicted molar refractivity (Wildman–Crippen MR) is 89.0 cm³/mol. The van der Waals surface area contributed by atoms with Crippen LogP contribution in [-0.4, -0.2) is 105 Å². The van der Waals surface area contributed by atoms with E-state index in [2.05, 4.69) is 22.6 Å². The molecule has 0 spiro atoms. The largest absolute Gasteiger partial charge is 0.389 e. The molecule has 3 atom stereocenters. The number of likely N-dealkylation sites (tertiary alicyclic amines) is 1. The van der Waals surface area contributed by atoms with Crippen molar-refractivity contribution in [3.63, 3.8) is 0 Å². The Bertz CT molecular complexity index is 411. The number of amides is 2. The minimum atomic E-state index is -0.588. The lowest BCUT2D eigenvalue weighted by molar-refractivity contribution is 0.0356. The van der Waals surface area contributed by atoms with E-state index in [4.69, 9.17) is 9.47 Å². The summed E-state index contributed by atoms with van der Waals surface area (Å²) < 4.78 is 10.9. The number of hydrogen-bond donors (Lipinski definition) is 3. The predicted octanol–water partition coefficient (Wildman–Crippen LogP) is -1.16. The second-order valence-electron chi connectivity index (χ2n) is 7.00. The molecule has 3 heterocycles. The number of aliphatic hydroxyl groups is 1. The van der Waals surface area contributed by atoms with E-state index in [1.807, 2.05) is 0 Å². The summed E-state index contributed by atoms with van der Waals surface area (Å²) >= 11 is 0. The Hall–Kier alpha value is -0.930. The van der Waals surface area contributed by atoms with Crippen LogP contribution in [0.5, 0.6) is 0 Å². The third kappa shape index (κ3) is 4.58. The Kier molecular flexibility index (Phi) is 6.29. The summed E-state index contributed by atoms with van der Waals surface area (Å²) in [6.07, 6.45) is 1.25. The van der Waals surface area contributed by atoms with Crippen LogP contribution in [0.25, 0.3) is 0 Å². The summed E-state index contributed by atoms with van der Waals surface area (Å²) in [5.41, 5.74) is 0. The van der Waals surface area contributed by atoms with Crippen LogP contribution in [0.4, 0.5) is 4.79 Å². The van der Waals surface area contributed by atoms with Gasteiger partial charge in [0, 0.05) is 25.7 Å². The Labute approximate surface area is 143 Å². The molecular formula is C16H30N4O4. The van der Waals surface area contributed by atoms with Gasteiger partial charge in [-0.2, -0.15) is 0 Å². The fraction of sp³-hybridized carbons (Fsp3) is 0.938. The first-order valence-corrected chi connectivity index (χ1v) is 8.98. The fourth-order valence-electron chi connectivity index (χ4n) is 3.55. The maximum absolute atomic E-state index is 12.1. The van der Waals surface area contributed by atoms with E-state index in [0.717, 1.165) is 25.9 Å². The molecule has 0 aliphatic carbocycles. The van der Waals surface area contributed by atoms with Gasteiger partial charge in [-0.3, -0.25) is 0 Å². The number of nitrogens with zero attached hydrogens (tertiary/aromatic N) is 2. The number of carbonyl (C=O) groups excluding carboxylic acids is 1. The molecule has 3 fully saturated rings. The first kappa shape index (κ1) is 17.9. The van der Waals surface area contributed by atoms with Gasteiger partial charge in [0.25, 0.3) is 0 Å². The first-order valence-electron chi connectivity index (χ1n) is 8.98. The van der Waals surface area contributed by atoms with Crippen LogP contribution in [-0.2, 0) is 9.47 Å². The zero-order valence-electron chi connectivity index (χ0n) is 14.4. The van der Waals surface area contributed by atoms with E-state index < -0.39 is 6.10 Å². The second-order valence-corrected chi connectivity index (χ2v) is 7.00. The first-order chi connectivity index (χ1) is 11.6. The van der Waals surface area contributed by atoms with Gasteiger partial charge in [-0.25, -0.2) is 4.79 Å². The highest BCUT2D eigenvalue weighted by atomic mass is 16.5. The van der Waals surface area contributed by atoms with Crippen molar-refractivity contribution in [2.75, 3.05) is 59.6 Å². The lowest BCUT2D eigenvalue weighted by Crippen LogP contribution is -2.52. The van der Waals surface area contributed by atoms with Gasteiger partial charge in [0.1, 0.15) is 6.10 Å². The maximum atomic E-state index is 12.1. The minimum absolute atomic E-state index is 0.0521. The summed E-state index contributed by atoms with van der Waals surface area (Å²) in [4.78, 5) is 16.2. The lowest BCUT2D eigenvalue weighted by atomic mass is 10.0. The molecule has 3 N–H and O–H groups in total. The third-order valence-corrected chi connectivity index (χ3v) is 5.20. The molecule has 3 rings (SSSR count). The number of morpholine rings is 1. The van der Waals surface area contributed by atoms with Gasteiger partial charge < -0.3 is 35.0 Å². The average molecular weight is 342 g/mol. The molecule has 0 saturated carbocycles. The summed E-state index contributed by atoms with van der Waals surface area (Å²) in [6.45, 7) is 5.38. The van der Waals surface area contributed by atoms with Crippen LogP contribution < -0.4 is 10.6 Å². The molecule has 3 aliphatic rings. The van der Waals surface area contributed by atoms with Crippen LogP contribution in [0.2, 0.25) is 0 Å². The molecule has 2 amide bonds. The number of carbonyl (C=O) groups is 1. The van der Waals surface area contributed by atoms with Crippen LogP contribution in [0, 0.1) is 0 Å². The van der Waals surface area contributed by atoms with E-state index in [-0.39, 0.29) is 18.2 Å². The molecule has 138 valence electrons. The van der Waals surface area contributed by atoms with E-state index in [9.17, 15) is 9.90 Å². The fourth-order valence-corrected chi connectivity index (χ4v) is 3.55. The molecule has 3 saturated heterocycles. The van der Waals surface area contributed by atoms with Crippen molar-refractivity contribution in [2.45, 2.75) is 37.1 Å². The molecule has 8 heteroatoms. The van der Waals surface area contributed by atoms with Crippen molar-refractivity contribution in [1.29, 1.82) is 0 Å². The summed E-state index contributed by atoms with van der Waals surface area (Å²) in [7, 11) is 2.14. The second kappa shape index (κ2) is 8.44. The van der Waals surface area contributed by atoms with E-state index >= 15 is 0 Å². The summed E-state index contributed by atoms with van der Waals surface area (Å²) in [5.74, 6) is 0. The molecule has 24 heavy (non-hydrogen) atoms. The van der Waals surface area contributed by atoms with Gasteiger partial charge in [-0.05, 0) is 33.0 Å². The molecule has 3 aliphatic heterocycles. The topological polar surface area (TPSA) is 86.3 Å². The summed E-state index contributed by atoms with van der Waals surface area (Å²) in [6, 6.07) is 0.274. The van der Waals surface area contributed by atoms with Crippen LogP contribution in [0.1, 0.15) is 12.8 Å². The molecule has 0 aromatic heterocycles. The van der Waals surface area contributed by atoms with E-state index in [0.29, 0.717) is 45.5 Å². The lowest BCUT2D eigenvalue weighted by Gasteiger charge is -2.32. The van der Waals surface area contributed by atoms with Gasteiger partial charge in [0.15, 0.2) is 0 Å². The van der Waals surface area contributed by atoms with Gasteiger partial charge in [-0.1, -0.05) is 0 Å². The molecule has 0 aromatic rings. The van der Waals surface area contributed by atoms with Crippen molar-refractivity contribution in [3.05, 3.63) is 0 Å². The third-order valence-electron chi connectivity index (χ3n) is 5.20. The quantitative estimate of drug-likeness (QED) is 0.598. The monoisotopic (exact) mass is 342 g/mol. The van der Waals surface area contributed by atoms with Crippen molar-refractivity contribution in [1.82, 2.24) is 20.4 Å². The standard InChI is InChI=1S/C16H30N4O4/c1-19-4-2-12(3-5-19)18-13-11-24-14(15(13)21)10-17-16(22)20-6-8-23-9-7-20/h12-15,18,21H,2-11H2,1H3,(H,17,22)/t13-,14-,15+/m1/s1. The SMILES string of the molecule is CN1CCC(N[C@@H]2CO[C@H](CNC(=O)N3CCOCC3)[C@H]2O)CC1. The number of piperidine rings is 1. The number of ether oxygens (including phenoxy) is 2. The van der Waals surface area contributed by atoms with E-state index in [1.54, 1.807) is 4.90 Å². The number of hydrogen-bond acceptors (Lipinski definition) is 6. The molecule has 0 unspecified atom stereocenters. The normalized spacial score (nSPS) is 32.9. The highest BCUT2D eigenvalue weighted by molar-refractivity contribution is 5.74.